The number of anilines is 1. The van der Waals surface area contributed by atoms with Crippen molar-refractivity contribution in [2.75, 3.05) is 31.7 Å². The molecule has 0 aliphatic carbocycles. The average Bonchev–Trinajstić information content (AvgIpc) is 2.45. The Morgan fingerprint density at radius 3 is 2.50 bits per heavy atom. The Balaban J connectivity index is 2.71. The second kappa shape index (κ2) is 7.92. The second-order valence-electron chi connectivity index (χ2n) is 4.11. The number of nitriles is 1. The summed E-state index contributed by atoms with van der Waals surface area (Å²) in [6, 6.07) is 8.49. The van der Waals surface area contributed by atoms with Gasteiger partial charge in [0.2, 0.25) is 11.8 Å². The van der Waals surface area contributed by atoms with Gasteiger partial charge in [-0.3, -0.25) is 9.59 Å². The van der Waals surface area contributed by atoms with Crippen molar-refractivity contribution in [2.45, 2.75) is 6.92 Å². The third kappa shape index (κ3) is 4.71. The number of carbonyl (C=O) groups is 2. The molecule has 0 radical (unpaired) electrons. The minimum Gasteiger partial charge on any atom is -0.383 e. The number of carbonyl (C=O) groups excluding carboxylic acids is 2. The summed E-state index contributed by atoms with van der Waals surface area (Å²) in [5.74, 6) is -0.502. The minimum atomic E-state index is -0.262. The number of methoxy groups -OCH3 is 1. The van der Waals surface area contributed by atoms with Gasteiger partial charge in [0.1, 0.15) is 6.54 Å². The van der Waals surface area contributed by atoms with E-state index in [0.717, 1.165) is 0 Å². The molecule has 0 spiro atoms. The summed E-state index contributed by atoms with van der Waals surface area (Å²) in [6.07, 6.45) is 0. The quantitative estimate of drug-likeness (QED) is 0.774. The fraction of sp³-hybridized carbons (Fsp3) is 0.357. The third-order valence-electron chi connectivity index (χ3n) is 2.62. The van der Waals surface area contributed by atoms with Crippen molar-refractivity contribution in [1.29, 1.82) is 5.26 Å². The molecule has 6 nitrogen and oxygen atoms in total. The summed E-state index contributed by atoms with van der Waals surface area (Å²) in [5, 5.41) is 11.4. The lowest BCUT2D eigenvalue weighted by Crippen LogP contribution is -2.40. The van der Waals surface area contributed by atoms with E-state index >= 15 is 0 Å². The largest absolute Gasteiger partial charge is 0.383 e. The Labute approximate surface area is 117 Å². The van der Waals surface area contributed by atoms with Crippen molar-refractivity contribution in [3.05, 3.63) is 29.8 Å². The van der Waals surface area contributed by atoms with Gasteiger partial charge in [-0.25, -0.2) is 0 Å². The minimum absolute atomic E-state index is 0.0645. The van der Waals surface area contributed by atoms with Crippen LogP contribution in [0.3, 0.4) is 0 Å². The zero-order valence-electron chi connectivity index (χ0n) is 11.5. The standard InChI is InChI=1S/C14H17N3O3/c1-11(18)17(10-14(19)16-7-8-20-2)13-5-3-12(9-15)4-6-13/h3-6H,7-8,10H2,1-2H3,(H,16,19). The maximum atomic E-state index is 11.7. The predicted octanol–water partition coefficient (Wildman–Crippen LogP) is 0.674. The van der Waals surface area contributed by atoms with E-state index in [4.69, 9.17) is 10.00 Å². The van der Waals surface area contributed by atoms with Crippen LogP contribution in [-0.4, -0.2) is 38.6 Å². The van der Waals surface area contributed by atoms with E-state index in [9.17, 15) is 9.59 Å². The zero-order valence-corrected chi connectivity index (χ0v) is 11.5. The fourth-order valence-electron chi connectivity index (χ4n) is 1.59. The molecule has 0 saturated heterocycles. The maximum absolute atomic E-state index is 11.7. The Morgan fingerprint density at radius 2 is 2.00 bits per heavy atom. The van der Waals surface area contributed by atoms with Crippen LogP contribution in [0.15, 0.2) is 24.3 Å². The first kappa shape index (κ1) is 15.7. The Kier molecular flexibility index (Phi) is 6.20. The third-order valence-corrected chi connectivity index (χ3v) is 2.62. The molecule has 20 heavy (non-hydrogen) atoms. The van der Waals surface area contributed by atoms with Gasteiger partial charge in [-0.2, -0.15) is 5.26 Å². The van der Waals surface area contributed by atoms with Gasteiger partial charge >= 0.3 is 0 Å². The molecule has 0 atom stereocenters. The highest BCUT2D eigenvalue weighted by molar-refractivity contribution is 5.97. The number of nitrogens with one attached hydrogen (secondary N) is 1. The summed E-state index contributed by atoms with van der Waals surface area (Å²) < 4.78 is 4.83. The van der Waals surface area contributed by atoms with E-state index < -0.39 is 0 Å². The molecule has 1 aromatic rings. The van der Waals surface area contributed by atoms with Crippen LogP contribution in [0.1, 0.15) is 12.5 Å². The summed E-state index contributed by atoms with van der Waals surface area (Å²) in [5.41, 5.74) is 1.08. The van der Waals surface area contributed by atoms with E-state index in [-0.39, 0.29) is 18.4 Å². The number of benzene rings is 1. The summed E-state index contributed by atoms with van der Waals surface area (Å²) in [4.78, 5) is 24.7. The maximum Gasteiger partial charge on any atom is 0.240 e. The molecule has 106 valence electrons. The van der Waals surface area contributed by atoms with Crippen LogP contribution in [0.5, 0.6) is 0 Å². The lowest BCUT2D eigenvalue weighted by Gasteiger charge is -2.20. The van der Waals surface area contributed by atoms with E-state index in [1.807, 2.05) is 6.07 Å². The average molecular weight is 275 g/mol. The zero-order chi connectivity index (χ0) is 15.0. The molecule has 0 aliphatic rings. The normalized spacial score (nSPS) is 9.65. The van der Waals surface area contributed by atoms with Crippen molar-refractivity contribution in [3.8, 4) is 6.07 Å². The van der Waals surface area contributed by atoms with Gasteiger partial charge in [0.15, 0.2) is 0 Å². The van der Waals surface area contributed by atoms with Crippen LogP contribution in [0.4, 0.5) is 5.69 Å². The van der Waals surface area contributed by atoms with Crippen molar-refractivity contribution in [1.82, 2.24) is 5.32 Å². The van der Waals surface area contributed by atoms with Crippen molar-refractivity contribution >= 4 is 17.5 Å². The van der Waals surface area contributed by atoms with E-state index in [1.54, 1.807) is 31.4 Å². The smallest absolute Gasteiger partial charge is 0.240 e. The first-order valence-electron chi connectivity index (χ1n) is 6.12. The molecule has 1 rings (SSSR count). The monoisotopic (exact) mass is 275 g/mol. The predicted molar refractivity (Wildman–Crippen MR) is 74.1 cm³/mol. The molecule has 0 aliphatic heterocycles. The number of rotatable bonds is 6. The molecule has 0 unspecified atom stereocenters. The molecular weight excluding hydrogens is 258 g/mol. The highest BCUT2D eigenvalue weighted by Crippen LogP contribution is 2.15. The van der Waals surface area contributed by atoms with Crippen molar-refractivity contribution < 1.29 is 14.3 Å². The van der Waals surface area contributed by atoms with Gasteiger partial charge in [0.25, 0.3) is 0 Å². The summed E-state index contributed by atoms with van der Waals surface area (Å²) in [6.45, 7) is 2.14. The topological polar surface area (TPSA) is 82.4 Å². The number of nitrogens with zero attached hydrogens (tertiary/aromatic N) is 2. The molecule has 0 heterocycles. The highest BCUT2D eigenvalue weighted by atomic mass is 16.5. The molecule has 1 aromatic carbocycles. The molecular formula is C14H17N3O3. The van der Waals surface area contributed by atoms with Gasteiger partial charge in [-0.1, -0.05) is 0 Å². The summed E-state index contributed by atoms with van der Waals surface area (Å²) in [7, 11) is 1.55. The van der Waals surface area contributed by atoms with Crippen molar-refractivity contribution in [2.24, 2.45) is 0 Å². The molecule has 0 bridgehead atoms. The van der Waals surface area contributed by atoms with Crippen LogP contribution in [0, 0.1) is 11.3 Å². The highest BCUT2D eigenvalue weighted by Gasteiger charge is 2.15. The first-order valence-corrected chi connectivity index (χ1v) is 6.12. The van der Waals surface area contributed by atoms with Crippen LogP contribution in [0.25, 0.3) is 0 Å². The molecule has 6 heteroatoms. The van der Waals surface area contributed by atoms with Crippen LogP contribution >= 0.6 is 0 Å². The number of amides is 2. The van der Waals surface area contributed by atoms with Crippen LogP contribution in [0.2, 0.25) is 0 Å². The van der Waals surface area contributed by atoms with Gasteiger partial charge < -0.3 is 15.0 Å². The van der Waals surface area contributed by atoms with E-state index in [0.29, 0.717) is 24.4 Å². The number of hydrogen-bond donors (Lipinski definition) is 1. The molecule has 2 amide bonds. The van der Waals surface area contributed by atoms with Gasteiger partial charge in [0, 0.05) is 26.3 Å². The summed E-state index contributed by atoms with van der Waals surface area (Å²) >= 11 is 0. The van der Waals surface area contributed by atoms with E-state index in [2.05, 4.69) is 5.32 Å². The Bertz CT molecular complexity index is 505. The lowest BCUT2D eigenvalue weighted by molar-refractivity contribution is -0.123. The van der Waals surface area contributed by atoms with Crippen molar-refractivity contribution in [3.63, 3.8) is 0 Å². The first-order chi connectivity index (χ1) is 9.58. The Morgan fingerprint density at radius 1 is 1.35 bits per heavy atom. The second-order valence-corrected chi connectivity index (χ2v) is 4.11. The number of hydrogen-bond acceptors (Lipinski definition) is 4. The van der Waals surface area contributed by atoms with Crippen LogP contribution in [-0.2, 0) is 14.3 Å². The number of ether oxygens (including phenoxy) is 1. The van der Waals surface area contributed by atoms with Gasteiger partial charge in [0.05, 0.1) is 18.2 Å². The van der Waals surface area contributed by atoms with E-state index in [1.165, 1.54) is 11.8 Å². The lowest BCUT2D eigenvalue weighted by atomic mass is 10.2. The van der Waals surface area contributed by atoms with Gasteiger partial charge in [-0.15, -0.1) is 0 Å². The fourth-order valence-corrected chi connectivity index (χ4v) is 1.59. The Hall–Kier alpha value is -2.39. The molecule has 1 N–H and O–H groups in total. The molecule has 0 fully saturated rings. The SMILES string of the molecule is COCCNC(=O)CN(C(C)=O)c1ccc(C#N)cc1. The van der Waals surface area contributed by atoms with Gasteiger partial charge in [-0.05, 0) is 24.3 Å². The van der Waals surface area contributed by atoms with Crippen LogP contribution < -0.4 is 10.2 Å². The molecule has 0 saturated carbocycles. The molecule has 0 aromatic heterocycles.